The van der Waals surface area contributed by atoms with Crippen LogP contribution in [0.15, 0.2) is 61.2 Å². The normalized spacial score (nSPS) is 10.2. The second-order valence-electron chi connectivity index (χ2n) is 6.04. The smallest absolute Gasteiger partial charge is 0.229 e. The highest BCUT2D eigenvalue weighted by Gasteiger charge is 2.14. The number of rotatable bonds is 9. The fourth-order valence-corrected chi connectivity index (χ4v) is 2.81. The third-order valence-corrected chi connectivity index (χ3v) is 4.14. The van der Waals surface area contributed by atoms with Crippen LogP contribution in [0.5, 0.6) is 17.2 Å². The SMILES string of the molecule is C=CCNc1cc(-c2ccccc2)nc(Nc2cc(OC)c(OC)c(OC)c2)n1. The molecule has 3 aromatic rings. The molecule has 0 aliphatic rings. The van der Waals surface area contributed by atoms with Gasteiger partial charge in [0.05, 0.1) is 27.0 Å². The Kier molecular flexibility index (Phi) is 6.52. The molecule has 0 aliphatic carbocycles. The Morgan fingerprint density at radius 2 is 1.62 bits per heavy atom. The minimum absolute atomic E-state index is 0.437. The van der Waals surface area contributed by atoms with Gasteiger partial charge in [0, 0.05) is 36.0 Å². The quantitative estimate of drug-likeness (QED) is 0.519. The molecule has 0 spiro atoms. The Balaban J connectivity index is 2.00. The van der Waals surface area contributed by atoms with Gasteiger partial charge in [0.25, 0.3) is 0 Å². The first-order chi connectivity index (χ1) is 14.2. The summed E-state index contributed by atoms with van der Waals surface area (Å²) in [5.41, 5.74) is 2.49. The van der Waals surface area contributed by atoms with Crippen LogP contribution in [-0.2, 0) is 0 Å². The number of nitrogens with one attached hydrogen (secondary N) is 2. The molecule has 0 fully saturated rings. The summed E-state index contributed by atoms with van der Waals surface area (Å²) in [7, 11) is 4.72. The van der Waals surface area contributed by atoms with Crippen LogP contribution in [0.1, 0.15) is 0 Å². The molecule has 7 heteroatoms. The third kappa shape index (κ3) is 4.76. The summed E-state index contributed by atoms with van der Waals surface area (Å²) in [4.78, 5) is 9.21. The van der Waals surface area contributed by atoms with Gasteiger partial charge in [-0.3, -0.25) is 0 Å². The number of aromatic nitrogens is 2. The molecular weight excluding hydrogens is 368 g/mol. The minimum atomic E-state index is 0.437. The van der Waals surface area contributed by atoms with E-state index >= 15 is 0 Å². The third-order valence-electron chi connectivity index (χ3n) is 4.14. The van der Waals surface area contributed by atoms with E-state index in [9.17, 15) is 0 Å². The fraction of sp³-hybridized carbons (Fsp3) is 0.182. The molecule has 150 valence electrons. The summed E-state index contributed by atoms with van der Waals surface area (Å²) in [5, 5.41) is 6.44. The van der Waals surface area contributed by atoms with Crippen molar-refractivity contribution in [3.05, 3.63) is 61.2 Å². The second kappa shape index (κ2) is 9.45. The van der Waals surface area contributed by atoms with Crippen LogP contribution in [0.4, 0.5) is 17.5 Å². The number of anilines is 3. The van der Waals surface area contributed by atoms with Gasteiger partial charge in [-0.15, -0.1) is 6.58 Å². The van der Waals surface area contributed by atoms with E-state index < -0.39 is 0 Å². The highest BCUT2D eigenvalue weighted by molar-refractivity contribution is 5.69. The van der Waals surface area contributed by atoms with Crippen molar-refractivity contribution < 1.29 is 14.2 Å². The lowest BCUT2D eigenvalue weighted by atomic mass is 10.1. The number of hydrogen-bond acceptors (Lipinski definition) is 7. The summed E-state index contributed by atoms with van der Waals surface area (Å²) in [6.45, 7) is 4.33. The molecule has 7 nitrogen and oxygen atoms in total. The average molecular weight is 392 g/mol. The highest BCUT2D eigenvalue weighted by atomic mass is 16.5. The van der Waals surface area contributed by atoms with E-state index in [1.54, 1.807) is 39.5 Å². The van der Waals surface area contributed by atoms with E-state index in [2.05, 4.69) is 27.2 Å². The molecule has 0 amide bonds. The van der Waals surface area contributed by atoms with Gasteiger partial charge < -0.3 is 24.8 Å². The first kappa shape index (κ1) is 20.0. The van der Waals surface area contributed by atoms with Gasteiger partial charge in [-0.05, 0) is 0 Å². The maximum atomic E-state index is 5.42. The maximum Gasteiger partial charge on any atom is 0.229 e. The molecule has 1 heterocycles. The van der Waals surface area contributed by atoms with Crippen molar-refractivity contribution >= 4 is 17.5 Å². The second-order valence-corrected chi connectivity index (χ2v) is 6.04. The molecule has 29 heavy (non-hydrogen) atoms. The van der Waals surface area contributed by atoms with Crippen LogP contribution in [0.2, 0.25) is 0 Å². The van der Waals surface area contributed by atoms with Crippen molar-refractivity contribution in [2.45, 2.75) is 0 Å². The van der Waals surface area contributed by atoms with E-state index in [-0.39, 0.29) is 0 Å². The largest absolute Gasteiger partial charge is 0.493 e. The van der Waals surface area contributed by atoms with Crippen molar-refractivity contribution in [2.24, 2.45) is 0 Å². The molecular formula is C22H24N4O3. The predicted octanol–water partition coefficient (Wildman–Crippen LogP) is 4.51. The van der Waals surface area contributed by atoms with Crippen LogP contribution in [0.25, 0.3) is 11.3 Å². The molecule has 0 saturated carbocycles. The summed E-state index contributed by atoms with van der Waals surface area (Å²) in [6, 6.07) is 15.4. The minimum Gasteiger partial charge on any atom is -0.493 e. The molecule has 2 N–H and O–H groups in total. The van der Waals surface area contributed by atoms with Gasteiger partial charge in [0.2, 0.25) is 11.7 Å². The van der Waals surface area contributed by atoms with Crippen LogP contribution >= 0.6 is 0 Å². The first-order valence-electron chi connectivity index (χ1n) is 9.04. The number of ether oxygens (including phenoxy) is 3. The zero-order valence-electron chi connectivity index (χ0n) is 16.7. The summed E-state index contributed by atoms with van der Waals surface area (Å²) in [5.74, 6) is 2.73. The Morgan fingerprint density at radius 1 is 0.931 bits per heavy atom. The molecule has 0 radical (unpaired) electrons. The topological polar surface area (TPSA) is 77.5 Å². The van der Waals surface area contributed by atoms with Crippen molar-refractivity contribution in [1.82, 2.24) is 9.97 Å². The maximum absolute atomic E-state index is 5.42. The van der Waals surface area contributed by atoms with Crippen LogP contribution in [0.3, 0.4) is 0 Å². The van der Waals surface area contributed by atoms with Gasteiger partial charge in [-0.25, -0.2) is 4.98 Å². The van der Waals surface area contributed by atoms with Crippen LogP contribution < -0.4 is 24.8 Å². The van der Waals surface area contributed by atoms with Gasteiger partial charge in [0.15, 0.2) is 11.5 Å². The van der Waals surface area contributed by atoms with E-state index in [4.69, 9.17) is 14.2 Å². The molecule has 0 unspecified atom stereocenters. The van der Waals surface area contributed by atoms with E-state index in [1.807, 2.05) is 36.4 Å². The predicted molar refractivity (Wildman–Crippen MR) is 116 cm³/mol. The van der Waals surface area contributed by atoms with E-state index in [1.165, 1.54) is 0 Å². The lowest BCUT2D eigenvalue weighted by Crippen LogP contribution is -2.05. The summed E-state index contributed by atoms with van der Waals surface area (Å²) in [6.07, 6.45) is 1.77. The van der Waals surface area contributed by atoms with Gasteiger partial charge >= 0.3 is 0 Å². The first-order valence-corrected chi connectivity index (χ1v) is 9.04. The van der Waals surface area contributed by atoms with Gasteiger partial charge in [-0.1, -0.05) is 36.4 Å². The molecule has 0 bridgehead atoms. The Hall–Kier alpha value is -3.74. The Morgan fingerprint density at radius 3 is 2.21 bits per heavy atom. The van der Waals surface area contributed by atoms with Crippen molar-refractivity contribution in [1.29, 1.82) is 0 Å². The highest BCUT2D eigenvalue weighted by Crippen LogP contribution is 2.40. The average Bonchev–Trinajstić information content (AvgIpc) is 2.77. The zero-order chi connectivity index (χ0) is 20.6. The molecule has 1 aromatic heterocycles. The zero-order valence-corrected chi connectivity index (χ0v) is 16.7. The standard InChI is InChI=1S/C22H24N4O3/c1-5-11-23-20-14-17(15-9-7-6-8-10-15)25-22(26-20)24-16-12-18(27-2)21(29-4)19(13-16)28-3/h5-10,12-14H,1,11H2,2-4H3,(H2,23,24,25,26). The number of benzene rings is 2. The Labute approximate surface area is 170 Å². The molecule has 0 atom stereocenters. The number of methoxy groups -OCH3 is 3. The summed E-state index contributed by atoms with van der Waals surface area (Å²) >= 11 is 0. The lowest BCUT2D eigenvalue weighted by Gasteiger charge is -2.15. The monoisotopic (exact) mass is 392 g/mol. The van der Waals surface area contributed by atoms with E-state index in [0.717, 1.165) is 11.3 Å². The fourth-order valence-electron chi connectivity index (χ4n) is 2.81. The summed E-state index contributed by atoms with van der Waals surface area (Å²) < 4.78 is 16.2. The van der Waals surface area contributed by atoms with Crippen molar-refractivity contribution in [3.63, 3.8) is 0 Å². The van der Waals surface area contributed by atoms with Gasteiger partial charge in [0.1, 0.15) is 5.82 Å². The van der Waals surface area contributed by atoms with Crippen molar-refractivity contribution in [2.75, 3.05) is 38.5 Å². The number of nitrogens with zero attached hydrogens (tertiary/aromatic N) is 2. The Bertz CT molecular complexity index is 952. The molecule has 2 aromatic carbocycles. The van der Waals surface area contributed by atoms with Crippen LogP contribution in [0, 0.1) is 0 Å². The van der Waals surface area contributed by atoms with Crippen molar-refractivity contribution in [3.8, 4) is 28.5 Å². The van der Waals surface area contributed by atoms with Crippen LogP contribution in [-0.4, -0.2) is 37.8 Å². The van der Waals surface area contributed by atoms with E-state index in [0.29, 0.717) is 41.2 Å². The molecule has 0 aliphatic heterocycles. The van der Waals surface area contributed by atoms with Gasteiger partial charge in [-0.2, -0.15) is 4.98 Å². The molecule has 0 saturated heterocycles. The lowest BCUT2D eigenvalue weighted by molar-refractivity contribution is 0.324. The number of hydrogen-bond donors (Lipinski definition) is 2. The molecule has 3 rings (SSSR count).